The van der Waals surface area contributed by atoms with Gasteiger partial charge in [0, 0.05) is 24.2 Å². The van der Waals surface area contributed by atoms with Gasteiger partial charge in [0.25, 0.3) is 0 Å². The zero-order valence-corrected chi connectivity index (χ0v) is 12.1. The second kappa shape index (κ2) is 6.50. The zero-order valence-electron chi connectivity index (χ0n) is 11.3. The lowest BCUT2D eigenvalue weighted by atomic mass is 10.1. The molecular weight excluding hydrogens is 254 g/mol. The molecule has 0 aliphatic heterocycles. The fourth-order valence-corrected chi connectivity index (χ4v) is 2.11. The summed E-state index contributed by atoms with van der Waals surface area (Å²) in [5.74, 6) is 0. The lowest BCUT2D eigenvalue weighted by Gasteiger charge is -2.14. The third-order valence-corrected chi connectivity index (χ3v) is 3.13. The van der Waals surface area contributed by atoms with Crippen molar-refractivity contribution in [2.45, 2.75) is 0 Å². The minimum atomic E-state index is 0.665. The molecule has 0 saturated heterocycles. The highest BCUT2D eigenvalue weighted by molar-refractivity contribution is 7.80. The van der Waals surface area contributed by atoms with Crippen molar-refractivity contribution in [2.75, 3.05) is 32.5 Å². The van der Waals surface area contributed by atoms with E-state index in [4.69, 9.17) is 12.2 Å². The Kier molecular flexibility index (Phi) is 4.71. The van der Waals surface area contributed by atoms with Crippen molar-refractivity contribution in [1.29, 1.82) is 0 Å². The highest BCUT2D eigenvalue weighted by Gasteiger charge is 2.02. The molecule has 100 valence electrons. The lowest BCUT2D eigenvalue weighted by molar-refractivity contribution is 0.413. The van der Waals surface area contributed by atoms with Crippen LogP contribution in [0.15, 0.2) is 42.5 Å². The third kappa shape index (κ3) is 3.91. The van der Waals surface area contributed by atoms with Gasteiger partial charge in [0.2, 0.25) is 0 Å². The van der Waals surface area contributed by atoms with Crippen LogP contribution in [0.3, 0.4) is 0 Å². The van der Waals surface area contributed by atoms with E-state index in [1.54, 1.807) is 0 Å². The molecule has 0 atom stereocenters. The van der Waals surface area contributed by atoms with E-state index in [0.29, 0.717) is 5.11 Å². The number of nitrogens with one attached hydrogen (secondary N) is 2. The fourth-order valence-electron chi connectivity index (χ4n) is 1.89. The Morgan fingerprint density at radius 1 is 1.11 bits per heavy atom. The lowest BCUT2D eigenvalue weighted by Crippen LogP contribution is -2.34. The molecule has 0 saturated carbocycles. The van der Waals surface area contributed by atoms with Crippen LogP contribution in [0.4, 0.5) is 5.69 Å². The normalized spacial score (nSPS) is 10.7. The predicted octanol–water partition coefficient (Wildman–Crippen LogP) is 2.69. The van der Waals surface area contributed by atoms with E-state index >= 15 is 0 Å². The predicted molar refractivity (Wildman–Crippen MR) is 86.7 cm³/mol. The molecule has 2 aromatic carbocycles. The van der Waals surface area contributed by atoms with Crippen LogP contribution in [0.1, 0.15) is 0 Å². The first kappa shape index (κ1) is 13.8. The van der Waals surface area contributed by atoms with Gasteiger partial charge in [0.05, 0.1) is 0 Å². The highest BCUT2D eigenvalue weighted by atomic mass is 32.1. The Morgan fingerprint density at radius 3 is 2.63 bits per heavy atom. The summed E-state index contributed by atoms with van der Waals surface area (Å²) in [6, 6.07) is 14.5. The van der Waals surface area contributed by atoms with Crippen molar-refractivity contribution in [2.24, 2.45) is 0 Å². The Morgan fingerprint density at radius 2 is 1.84 bits per heavy atom. The van der Waals surface area contributed by atoms with Crippen molar-refractivity contribution in [1.82, 2.24) is 10.2 Å². The molecule has 0 spiro atoms. The Balaban J connectivity index is 2.03. The summed E-state index contributed by atoms with van der Waals surface area (Å²) in [5.41, 5.74) is 1.04. The molecule has 2 aromatic rings. The number of benzene rings is 2. The number of anilines is 1. The maximum Gasteiger partial charge on any atom is 0.170 e. The molecule has 2 N–H and O–H groups in total. The van der Waals surface area contributed by atoms with E-state index in [0.717, 1.165) is 18.8 Å². The van der Waals surface area contributed by atoms with Gasteiger partial charge in [-0.1, -0.05) is 36.4 Å². The van der Waals surface area contributed by atoms with E-state index in [1.165, 1.54) is 10.8 Å². The second-order valence-electron chi connectivity index (χ2n) is 4.71. The molecule has 4 heteroatoms. The smallest absolute Gasteiger partial charge is 0.170 e. The molecule has 0 aromatic heterocycles. The van der Waals surface area contributed by atoms with Crippen molar-refractivity contribution in [3.63, 3.8) is 0 Å². The molecule has 3 nitrogen and oxygen atoms in total. The summed E-state index contributed by atoms with van der Waals surface area (Å²) < 4.78 is 0. The molecule has 0 aliphatic rings. The number of nitrogens with zero attached hydrogens (tertiary/aromatic N) is 1. The standard InChI is InChI=1S/C15H19N3S/c1-18(2)11-10-16-15(19)17-14-9-5-7-12-6-3-4-8-13(12)14/h3-9H,10-11H2,1-2H3,(H2,16,17,19). The number of hydrogen-bond acceptors (Lipinski definition) is 2. The monoisotopic (exact) mass is 273 g/mol. The maximum absolute atomic E-state index is 5.31. The summed E-state index contributed by atoms with van der Waals surface area (Å²) in [6.07, 6.45) is 0. The van der Waals surface area contributed by atoms with Gasteiger partial charge in [-0.15, -0.1) is 0 Å². The fraction of sp³-hybridized carbons (Fsp3) is 0.267. The van der Waals surface area contributed by atoms with Gasteiger partial charge in [0.15, 0.2) is 5.11 Å². The van der Waals surface area contributed by atoms with Crippen molar-refractivity contribution < 1.29 is 0 Å². The van der Waals surface area contributed by atoms with Crippen molar-refractivity contribution in [3.05, 3.63) is 42.5 Å². The average molecular weight is 273 g/mol. The van der Waals surface area contributed by atoms with Gasteiger partial charge in [0.1, 0.15) is 0 Å². The highest BCUT2D eigenvalue weighted by Crippen LogP contribution is 2.22. The number of rotatable bonds is 4. The summed E-state index contributed by atoms with van der Waals surface area (Å²) >= 11 is 5.31. The molecule has 2 rings (SSSR count). The number of fused-ring (bicyclic) bond motifs is 1. The van der Waals surface area contributed by atoms with Crippen molar-refractivity contribution in [3.8, 4) is 0 Å². The zero-order chi connectivity index (χ0) is 13.7. The van der Waals surface area contributed by atoms with Crippen LogP contribution in [0.2, 0.25) is 0 Å². The molecule has 19 heavy (non-hydrogen) atoms. The van der Waals surface area contributed by atoms with Gasteiger partial charge < -0.3 is 15.5 Å². The molecule has 0 heterocycles. The van der Waals surface area contributed by atoms with Gasteiger partial charge >= 0.3 is 0 Å². The Hall–Kier alpha value is -1.65. The Bertz CT molecular complexity index is 561. The average Bonchev–Trinajstić information content (AvgIpc) is 2.39. The summed E-state index contributed by atoms with van der Waals surface area (Å²) in [4.78, 5) is 2.12. The summed E-state index contributed by atoms with van der Waals surface area (Å²) in [7, 11) is 4.09. The first-order valence-electron chi connectivity index (χ1n) is 6.34. The van der Waals surface area contributed by atoms with E-state index in [-0.39, 0.29) is 0 Å². The SMILES string of the molecule is CN(C)CCNC(=S)Nc1cccc2ccccc12. The van der Waals surface area contributed by atoms with Crippen LogP contribution in [-0.4, -0.2) is 37.2 Å². The molecule has 0 bridgehead atoms. The van der Waals surface area contributed by atoms with Crippen LogP contribution in [0.25, 0.3) is 10.8 Å². The minimum Gasteiger partial charge on any atom is -0.361 e. The van der Waals surface area contributed by atoms with Crippen LogP contribution >= 0.6 is 12.2 Å². The van der Waals surface area contributed by atoms with Gasteiger partial charge in [-0.25, -0.2) is 0 Å². The van der Waals surface area contributed by atoms with Gasteiger partial charge in [-0.2, -0.15) is 0 Å². The van der Waals surface area contributed by atoms with Gasteiger partial charge in [-0.05, 0) is 37.8 Å². The van der Waals surface area contributed by atoms with E-state index < -0.39 is 0 Å². The van der Waals surface area contributed by atoms with Crippen molar-refractivity contribution >= 4 is 33.8 Å². The van der Waals surface area contributed by atoms with E-state index in [9.17, 15) is 0 Å². The first-order chi connectivity index (χ1) is 9.16. The number of likely N-dealkylation sites (N-methyl/N-ethyl adjacent to an activating group) is 1. The quantitative estimate of drug-likeness (QED) is 0.838. The topological polar surface area (TPSA) is 27.3 Å². The number of thiocarbonyl (C=S) groups is 1. The van der Waals surface area contributed by atoms with Crippen LogP contribution < -0.4 is 10.6 Å². The minimum absolute atomic E-state index is 0.665. The van der Waals surface area contributed by atoms with Crippen LogP contribution in [0, 0.1) is 0 Å². The van der Waals surface area contributed by atoms with Crippen LogP contribution in [-0.2, 0) is 0 Å². The first-order valence-corrected chi connectivity index (χ1v) is 6.75. The third-order valence-electron chi connectivity index (χ3n) is 2.88. The molecular formula is C15H19N3S. The van der Waals surface area contributed by atoms with Crippen LogP contribution in [0.5, 0.6) is 0 Å². The largest absolute Gasteiger partial charge is 0.361 e. The second-order valence-corrected chi connectivity index (χ2v) is 5.12. The number of hydrogen-bond donors (Lipinski definition) is 2. The Labute approximate surface area is 119 Å². The summed E-state index contributed by atoms with van der Waals surface area (Å²) in [6.45, 7) is 1.79. The molecule has 0 unspecified atom stereocenters. The maximum atomic E-state index is 5.31. The molecule has 0 amide bonds. The molecule has 0 aliphatic carbocycles. The van der Waals surface area contributed by atoms with E-state index in [2.05, 4.69) is 33.7 Å². The molecule has 0 radical (unpaired) electrons. The molecule has 0 fully saturated rings. The van der Waals surface area contributed by atoms with E-state index in [1.807, 2.05) is 38.4 Å². The van der Waals surface area contributed by atoms with Gasteiger partial charge in [-0.3, -0.25) is 0 Å². The summed E-state index contributed by atoms with van der Waals surface area (Å²) in [5, 5.41) is 9.53.